The van der Waals surface area contributed by atoms with Crippen LogP contribution in [-0.4, -0.2) is 32.3 Å². The van der Waals surface area contributed by atoms with Gasteiger partial charge < -0.3 is 14.8 Å². The summed E-state index contributed by atoms with van der Waals surface area (Å²) in [5.41, 5.74) is 2.90. The predicted molar refractivity (Wildman–Crippen MR) is 107 cm³/mol. The molecule has 2 aromatic carbocycles. The third-order valence-corrected chi connectivity index (χ3v) is 4.89. The van der Waals surface area contributed by atoms with E-state index in [1.54, 1.807) is 24.9 Å². The van der Waals surface area contributed by atoms with E-state index in [9.17, 15) is 4.79 Å². The van der Waals surface area contributed by atoms with Crippen LogP contribution in [0.4, 0.5) is 0 Å². The van der Waals surface area contributed by atoms with Crippen molar-refractivity contribution >= 4 is 17.7 Å². The number of carbonyl (C=O) groups excluding carboxylic acids is 1. The van der Waals surface area contributed by atoms with Crippen molar-refractivity contribution in [2.45, 2.75) is 37.5 Å². The lowest BCUT2D eigenvalue weighted by atomic mass is 10.1. The van der Waals surface area contributed by atoms with Crippen molar-refractivity contribution in [3.8, 4) is 5.75 Å². The molecule has 0 radical (unpaired) electrons. The second kappa shape index (κ2) is 10.2. The predicted octanol–water partition coefficient (Wildman–Crippen LogP) is 4.45. The Hall–Kier alpha value is -1.98. The fraction of sp³-hybridized carbons (Fsp3) is 0.381. The molecule has 0 fully saturated rings. The maximum atomic E-state index is 12.4. The van der Waals surface area contributed by atoms with Crippen LogP contribution in [0.1, 0.15) is 35.3 Å². The summed E-state index contributed by atoms with van der Waals surface area (Å²) < 4.78 is 10.8. The van der Waals surface area contributed by atoms with Crippen LogP contribution in [0, 0.1) is 6.92 Å². The normalized spacial score (nSPS) is 11.8. The van der Waals surface area contributed by atoms with Crippen molar-refractivity contribution in [1.29, 1.82) is 0 Å². The largest absolute Gasteiger partial charge is 0.494 e. The highest BCUT2D eigenvalue weighted by Crippen LogP contribution is 2.29. The summed E-state index contributed by atoms with van der Waals surface area (Å²) in [4.78, 5) is 13.6. The first-order valence-corrected chi connectivity index (χ1v) is 9.77. The van der Waals surface area contributed by atoms with Gasteiger partial charge in [-0.05, 0) is 51.1 Å². The summed E-state index contributed by atoms with van der Waals surface area (Å²) in [7, 11) is 1.62. The molecule has 1 N–H and O–H groups in total. The second-order valence-electron chi connectivity index (χ2n) is 6.19. The maximum absolute atomic E-state index is 12.4. The van der Waals surface area contributed by atoms with Gasteiger partial charge in [-0.15, -0.1) is 11.8 Å². The standard InChI is InChI=1S/C21H27NO3S/c1-5-25-20-11-8-17(21(23)22-16(3)13-24-4)12-18(20)14-26-19-9-6-15(2)7-10-19/h6-12,16H,5,13-14H2,1-4H3,(H,22,23). The Morgan fingerprint density at radius 3 is 2.58 bits per heavy atom. The van der Waals surface area contributed by atoms with E-state index in [0.717, 1.165) is 17.1 Å². The highest BCUT2D eigenvalue weighted by molar-refractivity contribution is 7.98. The molecule has 0 saturated carbocycles. The number of aryl methyl sites for hydroxylation is 1. The summed E-state index contributed by atoms with van der Waals surface area (Å²) in [6.45, 7) is 7.04. The third-order valence-electron chi connectivity index (χ3n) is 3.83. The van der Waals surface area contributed by atoms with Crippen molar-refractivity contribution in [2.24, 2.45) is 0 Å². The van der Waals surface area contributed by atoms with Crippen molar-refractivity contribution in [3.05, 3.63) is 59.2 Å². The van der Waals surface area contributed by atoms with Crippen molar-refractivity contribution < 1.29 is 14.3 Å². The van der Waals surface area contributed by atoms with Crippen molar-refractivity contribution in [1.82, 2.24) is 5.32 Å². The molecule has 0 aliphatic rings. The summed E-state index contributed by atoms with van der Waals surface area (Å²) in [6.07, 6.45) is 0. The smallest absolute Gasteiger partial charge is 0.251 e. The number of rotatable bonds is 9. The lowest BCUT2D eigenvalue weighted by Gasteiger charge is -2.15. The monoisotopic (exact) mass is 373 g/mol. The van der Waals surface area contributed by atoms with Gasteiger partial charge in [0, 0.05) is 34.9 Å². The minimum atomic E-state index is -0.0980. The molecule has 0 aliphatic carbocycles. The van der Waals surface area contributed by atoms with E-state index in [4.69, 9.17) is 9.47 Å². The summed E-state index contributed by atoms with van der Waals surface area (Å²) in [6, 6.07) is 14.0. The van der Waals surface area contributed by atoms with Crippen molar-refractivity contribution in [2.75, 3.05) is 20.3 Å². The van der Waals surface area contributed by atoms with Gasteiger partial charge in [0.1, 0.15) is 5.75 Å². The molecular weight excluding hydrogens is 346 g/mol. The van der Waals surface area contributed by atoms with Gasteiger partial charge in [0.05, 0.1) is 13.2 Å². The number of amides is 1. The van der Waals surface area contributed by atoms with Gasteiger partial charge in [0.2, 0.25) is 0 Å². The third kappa shape index (κ3) is 6.07. The average molecular weight is 374 g/mol. The van der Waals surface area contributed by atoms with Crippen LogP contribution in [0.2, 0.25) is 0 Å². The maximum Gasteiger partial charge on any atom is 0.251 e. The number of nitrogens with one attached hydrogen (secondary N) is 1. The highest BCUT2D eigenvalue weighted by atomic mass is 32.2. The lowest BCUT2D eigenvalue weighted by molar-refractivity contribution is 0.0905. The molecule has 1 amide bonds. The van der Waals surface area contributed by atoms with E-state index in [-0.39, 0.29) is 11.9 Å². The summed E-state index contributed by atoms with van der Waals surface area (Å²) in [5, 5.41) is 2.94. The van der Waals surface area contributed by atoms with Crippen LogP contribution in [0.3, 0.4) is 0 Å². The first kappa shape index (κ1) is 20.3. The van der Waals surface area contributed by atoms with Crippen molar-refractivity contribution in [3.63, 3.8) is 0 Å². The van der Waals surface area contributed by atoms with E-state index in [1.165, 1.54) is 10.5 Å². The zero-order valence-electron chi connectivity index (χ0n) is 15.9. The fourth-order valence-electron chi connectivity index (χ4n) is 2.52. The molecule has 26 heavy (non-hydrogen) atoms. The molecule has 2 rings (SSSR count). The van der Waals surface area contributed by atoms with Gasteiger partial charge in [-0.2, -0.15) is 0 Å². The Balaban J connectivity index is 2.13. The van der Waals surface area contributed by atoms with Crippen LogP contribution in [0.25, 0.3) is 0 Å². The van der Waals surface area contributed by atoms with Crippen LogP contribution in [0.15, 0.2) is 47.4 Å². The van der Waals surface area contributed by atoms with Gasteiger partial charge in [-0.3, -0.25) is 4.79 Å². The first-order valence-electron chi connectivity index (χ1n) is 8.78. The highest BCUT2D eigenvalue weighted by Gasteiger charge is 2.13. The van der Waals surface area contributed by atoms with Gasteiger partial charge in [0.15, 0.2) is 0 Å². The number of benzene rings is 2. The minimum absolute atomic E-state index is 0.0375. The molecule has 4 nitrogen and oxygen atoms in total. The first-order chi connectivity index (χ1) is 12.5. The van der Waals surface area contributed by atoms with Crippen LogP contribution in [0.5, 0.6) is 5.75 Å². The van der Waals surface area contributed by atoms with E-state index >= 15 is 0 Å². The zero-order chi connectivity index (χ0) is 18.9. The average Bonchev–Trinajstić information content (AvgIpc) is 2.62. The van der Waals surface area contributed by atoms with Crippen LogP contribution < -0.4 is 10.1 Å². The molecule has 0 aromatic heterocycles. The molecule has 5 heteroatoms. The molecule has 0 aliphatic heterocycles. The Bertz CT molecular complexity index is 716. The molecule has 2 aromatic rings. The van der Waals surface area contributed by atoms with Crippen LogP contribution >= 0.6 is 11.8 Å². The molecule has 0 heterocycles. The van der Waals surface area contributed by atoms with E-state index < -0.39 is 0 Å². The number of thioether (sulfide) groups is 1. The number of ether oxygens (including phenoxy) is 2. The van der Waals surface area contributed by atoms with Crippen LogP contribution in [-0.2, 0) is 10.5 Å². The Labute approximate surface area is 160 Å². The zero-order valence-corrected chi connectivity index (χ0v) is 16.7. The molecule has 0 bridgehead atoms. The van der Waals surface area contributed by atoms with E-state index in [2.05, 4.69) is 36.5 Å². The van der Waals surface area contributed by atoms with Gasteiger partial charge >= 0.3 is 0 Å². The van der Waals surface area contributed by atoms with Gasteiger partial charge in [-0.1, -0.05) is 17.7 Å². The number of hydrogen-bond donors (Lipinski definition) is 1. The number of methoxy groups -OCH3 is 1. The molecule has 140 valence electrons. The Kier molecular flexibility index (Phi) is 8.01. The summed E-state index contributed by atoms with van der Waals surface area (Å²) >= 11 is 1.73. The minimum Gasteiger partial charge on any atom is -0.494 e. The quantitative estimate of drug-likeness (QED) is 0.660. The molecule has 0 saturated heterocycles. The number of hydrogen-bond acceptors (Lipinski definition) is 4. The van der Waals surface area contributed by atoms with Gasteiger partial charge in [-0.25, -0.2) is 0 Å². The Morgan fingerprint density at radius 1 is 1.19 bits per heavy atom. The topological polar surface area (TPSA) is 47.6 Å². The summed E-state index contributed by atoms with van der Waals surface area (Å²) in [5.74, 6) is 1.47. The molecule has 1 unspecified atom stereocenters. The van der Waals surface area contributed by atoms with E-state index in [0.29, 0.717) is 18.8 Å². The molecule has 0 spiro atoms. The lowest BCUT2D eigenvalue weighted by Crippen LogP contribution is -2.35. The fourth-order valence-corrected chi connectivity index (χ4v) is 3.40. The van der Waals surface area contributed by atoms with Gasteiger partial charge in [0.25, 0.3) is 5.91 Å². The molecule has 1 atom stereocenters. The Morgan fingerprint density at radius 2 is 1.92 bits per heavy atom. The second-order valence-corrected chi connectivity index (χ2v) is 7.24. The SMILES string of the molecule is CCOc1ccc(C(=O)NC(C)COC)cc1CSc1ccc(C)cc1. The van der Waals surface area contributed by atoms with E-state index in [1.807, 2.05) is 26.0 Å². The molecular formula is C21H27NO3S. The number of carbonyl (C=O) groups is 1.